The zero-order chi connectivity index (χ0) is 12.8. The van der Waals surface area contributed by atoms with Crippen molar-refractivity contribution in [1.29, 1.82) is 0 Å². The van der Waals surface area contributed by atoms with Crippen LogP contribution in [0.3, 0.4) is 0 Å². The average molecular weight is 254 g/mol. The number of rotatable bonds is 5. The molecule has 0 aliphatic heterocycles. The van der Waals surface area contributed by atoms with Gasteiger partial charge in [-0.2, -0.15) is 0 Å². The molecule has 4 heteroatoms. The fraction of sp³-hybridized carbons (Fsp3) is 0.929. The number of carboxylic acid groups (broad SMARTS) is 1. The van der Waals surface area contributed by atoms with Gasteiger partial charge in [0, 0.05) is 6.61 Å². The number of aliphatic hydroxyl groups excluding tert-OH is 1. The Bertz CT molecular complexity index is 311. The van der Waals surface area contributed by atoms with Crippen molar-refractivity contribution in [3.8, 4) is 0 Å². The van der Waals surface area contributed by atoms with E-state index in [1.807, 2.05) is 0 Å². The van der Waals surface area contributed by atoms with Gasteiger partial charge in [-0.25, -0.2) is 4.79 Å². The van der Waals surface area contributed by atoms with Gasteiger partial charge in [0.15, 0.2) is 5.60 Å². The van der Waals surface area contributed by atoms with Gasteiger partial charge in [0.05, 0.1) is 6.61 Å². The third kappa shape index (κ3) is 1.69. The standard InChI is InChI=1S/C14H22O4/c15-2-1-3-18-14(13(16)17)11-5-9-4-10(7-11)8-12(14)6-9/h9-12,15H,1-8H2,(H,16,17). The molecule has 0 atom stereocenters. The van der Waals surface area contributed by atoms with E-state index in [4.69, 9.17) is 9.84 Å². The molecule has 0 spiro atoms. The van der Waals surface area contributed by atoms with Crippen LogP contribution in [-0.4, -0.2) is 35.0 Å². The van der Waals surface area contributed by atoms with E-state index in [0.29, 0.717) is 13.0 Å². The van der Waals surface area contributed by atoms with Crippen LogP contribution < -0.4 is 0 Å². The summed E-state index contributed by atoms with van der Waals surface area (Å²) in [5, 5.41) is 18.6. The lowest BCUT2D eigenvalue weighted by molar-refractivity contribution is -0.221. The highest BCUT2D eigenvalue weighted by Gasteiger charge is 2.62. The number of carbonyl (C=O) groups is 1. The Morgan fingerprint density at radius 1 is 1.11 bits per heavy atom. The first-order valence-electron chi connectivity index (χ1n) is 7.15. The molecule has 18 heavy (non-hydrogen) atoms. The molecule has 0 unspecified atom stereocenters. The van der Waals surface area contributed by atoms with Crippen LogP contribution in [0, 0.1) is 23.7 Å². The molecule has 4 aliphatic rings. The lowest BCUT2D eigenvalue weighted by Crippen LogP contribution is -2.63. The monoisotopic (exact) mass is 254 g/mol. The third-order valence-electron chi connectivity index (χ3n) is 5.33. The molecule has 2 N–H and O–H groups in total. The van der Waals surface area contributed by atoms with Gasteiger partial charge >= 0.3 is 5.97 Å². The lowest BCUT2D eigenvalue weighted by Gasteiger charge is -2.58. The predicted molar refractivity (Wildman–Crippen MR) is 65.1 cm³/mol. The van der Waals surface area contributed by atoms with Crippen molar-refractivity contribution in [2.45, 2.75) is 44.1 Å². The van der Waals surface area contributed by atoms with Crippen molar-refractivity contribution in [3.63, 3.8) is 0 Å². The molecule has 0 saturated heterocycles. The number of hydrogen-bond acceptors (Lipinski definition) is 3. The van der Waals surface area contributed by atoms with Crippen molar-refractivity contribution in [2.75, 3.05) is 13.2 Å². The molecule has 4 rings (SSSR count). The van der Waals surface area contributed by atoms with Gasteiger partial charge in [-0.05, 0) is 62.2 Å². The van der Waals surface area contributed by atoms with Crippen LogP contribution >= 0.6 is 0 Å². The molecule has 4 bridgehead atoms. The normalized spacial score (nSPS) is 45.4. The van der Waals surface area contributed by atoms with Crippen LogP contribution in [0.25, 0.3) is 0 Å². The van der Waals surface area contributed by atoms with Crippen molar-refractivity contribution in [3.05, 3.63) is 0 Å². The first kappa shape index (κ1) is 12.4. The molecule has 0 aromatic rings. The van der Waals surface area contributed by atoms with E-state index < -0.39 is 11.6 Å². The Morgan fingerprint density at radius 2 is 1.67 bits per heavy atom. The van der Waals surface area contributed by atoms with E-state index in [9.17, 15) is 9.90 Å². The Morgan fingerprint density at radius 3 is 2.11 bits per heavy atom. The Kier molecular flexibility index (Phi) is 3.10. The summed E-state index contributed by atoms with van der Waals surface area (Å²) in [4.78, 5) is 11.8. The molecule has 0 aromatic carbocycles. The Labute approximate surface area is 107 Å². The predicted octanol–water partition coefficient (Wildman–Crippen LogP) is 1.66. The molecule has 0 aromatic heterocycles. The highest BCUT2D eigenvalue weighted by Crippen LogP contribution is 2.59. The van der Waals surface area contributed by atoms with Gasteiger partial charge in [-0.15, -0.1) is 0 Å². The van der Waals surface area contributed by atoms with Gasteiger partial charge in [0.1, 0.15) is 0 Å². The number of aliphatic hydroxyl groups is 1. The van der Waals surface area contributed by atoms with Gasteiger partial charge in [0.25, 0.3) is 0 Å². The van der Waals surface area contributed by atoms with Gasteiger partial charge < -0.3 is 14.9 Å². The number of carboxylic acids is 1. The molecule has 4 saturated carbocycles. The second-order valence-electron chi connectivity index (χ2n) is 6.33. The van der Waals surface area contributed by atoms with E-state index in [1.54, 1.807) is 0 Å². The highest BCUT2D eigenvalue weighted by molar-refractivity contribution is 5.79. The summed E-state index contributed by atoms with van der Waals surface area (Å²) in [6, 6.07) is 0. The van der Waals surface area contributed by atoms with Crippen molar-refractivity contribution in [1.82, 2.24) is 0 Å². The summed E-state index contributed by atoms with van der Waals surface area (Å²) in [5.74, 6) is 1.10. The minimum Gasteiger partial charge on any atom is -0.479 e. The summed E-state index contributed by atoms with van der Waals surface area (Å²) in [6.07, 6.45) is 5.94. The Balaban J connectivity index is 1.82. The first-order chi connectivity index (χ1) is 8.66. The van der Waals surface area contributed by atoms with E-state index in [2.05, 4.69) is 0 Å². The minimum atomic E-state index is -0.942. The molecular weight excluding hydrogens is 232 g/mol. The SMILES string of the molecule is O=C(O)C1(OCCCO)C2CC3CC(C2)CC1C3. The van der Waals surface area contributed by atoms with Crippen LogP contribution in [0.2, 0.25) is 0 Å². The molecule has 0 heterocycles. The van der Waals surface area contributed by atoms with E-state index in [-0.39, 0.29) is 18.4 Å². The zero-order valence-corrected chi connectivity index (χ0v) is 10.7. The van der Waals surface area contributed by atoms with E-state index in [1.165, 1.54) is 6.42 Å². The fourth-order valence-corrected chi connectivity index (χ4v) is 4.84. The second kappa shape index (κ2) is 4.49. The molecular formula is C14H22O4. The summed E-state index contributed by atoms with van der Waals surface area (Å²) < 4.78 is 5.85. The summed E-state index contributed by atoms with van der Waals surface area (Å²) in [7, 11) is 0. The number of ether oxygens (including phenoxy) is 1. The van der Waals surface area contributed by atoms with Crippen molar-refractivity contribution >= 4 is 5.97 Å². The molecule has 4 nitrogen and oxygen atoms in total. The van der Waals surface area contributed by atoms with Crippen LogP contribution in [-0.2, 0) is 9.53 Å². The largest absolute Gasteiger partial charge is 0.479 e. The summed E-state index contributed by atoms with van der Waals surface area (Å²) >= 11 is 0. The van der Waals surface area contributed by atoms with Gasteiger partial charge in [-0.3, -0.25) is 0 Å². The molecule has 4 aliphatic carbocycles. The third-order valence-corrected chi connectivity index (χ3v) is 5.33. The average Bonchev–Trinajstić information content (AvgIpc) is 2.31. The Hall–Kier alpha value is -0.610. The molecule has 102 valence electrons. The maximum atomic E-state index is 11.8. The van der Waals surface area contributed by atoms with Crippen molar-refractivity contribution < 1.29 is 19.7 Å². The summed E-state index contributed by atoms with van der Waals surface area (Å²) in [5.41, 5.74) is -0.942. The molecule has 0 radical (unpaired) electrons. The van der Waals surface area contributed by atoms with Gasteiger partial charge in [0.2, 0.25) is 0 Å². The zero-order valence-electron chi connectivity index (χ0n) is 10.7. The number of hydrogen-bond donors (Lipinski definition) is 2. The fourth-order valence-electron chi connectivity index (χ4n) is 4.84. The maximum absolute atomic E-state index is 11.8. The maximum Gasteiger partial charge on any atom is 0.336 e. The van der Waals surface area contributed by atoms with E-state index >= 15 is 0 Å². The second-order valence-corrected chi connectivity index (χ2v) is 6.33. The lowest BCUT2D eigenvalue weighted by atomic mass is 9.49. The number of aliphatic carboxylic acids is 1. The first-order valence-corrected chi connectivity index (χ1v) is 7.15. The topological polar surface area (TPSA) is 66.8 Å². The minimum absolute atomic E-state index is 0.0658. The van der Waals surface area contributed by atoms with Crippen LogP contribution in [0.4, 0.5) is 0 Å². The summed E-state index contributed by atoms with van der Waals surface area (Å²) in [6.45, 7) is 0.432. The highest BCUT2D eigenvalue weighted by atomic mass is 16.5. The van der Waals surface area contributed by atoms with Crippen molar-refractivity contribution in [2.24, 2.45) is 23.7 Å². The quantitative estimate of drug-likeness (QED) is 0.732. The van der Waals surface area contributed by atoms with Crippen LogP contribution in [0.1, 0.15) is 38.5 Å². The molecule has 4 fully saturated rings. The molecule has 0 amide bonds. The smallest absolute Gasteiger partial charge is 0.336 e. The van der Waals surface area contributed by atoms with Crippen LogP contribution in [0.5, 0.6) is 0 Å². The van der Waals surface area contributed by atoms with E-state index in [0.717, 1.165) is 37.5 Å². The van der Waals surface area contributed by atoms with Gasteiger partial charge in [-0.1, -0.05) is 0 Å². The van der Waals surface area contributed by atoms with Crippen LogP contribution in [0.15, 0.2) is 0 Å².